The van der Waals surface area contributed by atoms with E-state index in [1.165, 1.54) is 12.1 Å². The standard InChI is InChI=1S/C28H27F2N7OS/c29-21-7-6-19(16-22(21)30)24-25(37-14-15-39-28(37)35-24)23-8-11-31-26(34-23)33-20-9-12-36(13-10-20)27(38)32-17-18-4-2-1-3-5-18/h1-8,11,16,20H,9-10,12-15,17H2,(H,32,38)(H,31,33,34). The van der Waals surface area contributed by atoms with Gasteiger partial charge in [-0.25, -0.2) is 28.5 Å². The predicted octanol–water partition coefficient (Wildman–Crippen LogP) is 5.18. The first-order chi connectivity index (χ1) is 19.0. The lowest BCUT2D eigenvalue weighted by Gasteiger charge is -2.32. The number of imidazole rings is 1. The summed E-state index contributed by atoms with van der Waals surface area (Å²) in [4.78, 5) is 28.4. The number of aromatic nitrogens is 4. The van der Waals surface area contributed by atoms with Crippen LogP contribution in [-0.2, 0) is 13.1 Å². The number of piperidine rings is 1. The number of hydrogen-bond acceptors (Lipinski definition) is 6. The van der Waals surface area contributed by atoms with Crippen molar-refractivity contribution in [1.82, 2.24) is 29.7 Å². The average Bonchev–Trinajstić information content (AvgIpc) is 3.56. The monoisotopic (exact) mass is 547 g/mol. The zero-order chi connectivity index (χ0) is 26.8. The van der Waals surface area contributed by atoms with Gasteiger partial charge in [-0.05, 0) is 42.7 Å². The van der Waals surface area contributed by atoms with Crippen molar-refractivity contribution in [3.63, 3.8) is 0 Å². The fraction of sp³-hybridized carbons (Fsp3) is 0.286. The molecule has 200 valence electrons. The summed E-state index contributed by atoms with van der Waals surface area (Å²) in [5.74, 6) is -0.433. The second-order valence-corrected chi connectivity index (χ2v) is 10.6. The lowest BCUT2D eigenvalue weighted by Crippen LogP contribution is -2.46. The Balaban J connectivity index is 1.14. The maximum Gasteiger partial charge on any atom is 0.317 e. The third-order valence-electron chi connectivity index (χ3n) is 6.97. The molecule has 11 heteroatoms. The number of amides is 2. The van der Waals surface area contributed by atoms with Gasteiger partial charge in [-0.15, -0.1) is 0 Å². The first kappa shape index (κ1) is 25.3. The number of nitrogens with zero attached hydrogens (tertiary/aromatic N) is 5. The summed E-state index contributed by atoms with van der Waals surface area (Å²) in [6, 6.07) is 15.5. The number of carbonyl (C=O) groups excluding carboxylic acids is 1. The van der Waals surface area contributed by atoms with Gasteiger partial charge >= 0.3 is 6.03 Å². The molecule has 1 fully saturated rings. The van der Waals surface area contributed by atoms with Crippen LogP contribution in [0.2, 0.25) is 0 Å². The van der Waals surface area contributed by atoms with E-state index in [1.54, 1.807) is 18.0 Å². The molecule has 0 saturated carbocycles. The minimum Gasteiger partial charge on any atom is -0.351 e. The number of nitrogens with one attached hydrogen (secondary N) is 2. The predicted molar refractivity (Wildman–Crippen MR) is 146 cm³/mol. The number of fused-ring (bicyclic) bond motifs is 1. The van der Waals surface area contributed by atoms with E-state index in [1.807, 2.05) is 41.3 Å². The fourth-order valence-corrected chi connectivity index (χ4v) is 5.89. The van der Waals surface area contributed by atoms with Gasteiger partial charge in [0, 0.05) is 49.7 Å². The van der Waals surface area contributed by atoms with Gasteiger partial charge in [-0.3, -0.25) is 0 Å². The van der Waals surface area contributed by atoms with E-state index < -0.39 is 11.6 Å². The summed E-state index contributed by atoms with van der Waals surface area (Å²) in [6.07, 6.45) is 3.23. The normalized spacial score (nSPS) is 15.3. The highest BCUT2D eigenvalue weighted by atomic mass is 32.2. The number of halogens is 2. The molecule has 6 rings (SSSR count). The number of carbonyl (C=O) groups is 1. The van der Waals surface area contributed by atoms with Crippen LogP contribution in [0.1, 0.15) is 18.4 Å². The number of likely N-dealkylation sites (tertiary alicyclic amines) is 1. The smallest absolute Gasteiger partial charge is 0.317 e. The molecule has 2 aliphatic heterocycles. The highest BCUT2D eigenvalue weighted by Gasteiger charge is 2.27. The van der Waals surface area contributed by atoms with E-state index >= 15 is 0 Å². The molecule has 4 aromatic rings. The molecule has 0 aliphatic carbocycles. The van der Waals surface area contributed by atoms with Crippen molar-refractivity contribution < 1.29 is 13.6 Å². The number of anilines is 1. The fourth-order valence-electron chi connectivity index (χ4n) is 4.94. The van der Waals surface area contributed by atoms with Crippen LogP contribution in [0.25, 0.3) is 22.6 Å². The van der Waals surface area contributed by atoms with Crippen LogP contribution in [0.3, 0.4) is 0 Å². The maximum absolute atomic E-state index is 14.0. The lowest BCUT2D eigenvalue weighted by atomic mass is 10.1. The molecule has 0 bridgehead atoms. The van der Waals surface area contributed by atoms with E-state index in [0.717, 1.165) is 47.6 Å². The molecule has 4 heterocycles. The first-order valence-electron chi connectivity index (χ1n) is 12.9. The van der Waals surface area contributed by atoms with Crippen LogP contribution in [0.5, 0.6) is 0 Å². The van der Waals surface area contributed by atoms with Crippen molar-refractivity contribution in [1.29, 1.82) is 0 Å². The third-order valence-corrected chi connectivity index (χ3v) is 7.93. The van der Waals surface area contributed by atoms with E-state index in [-0.39, 0.29) is 12.1 Å². The van der Waals surface area contributed by atoms with Crippen LogP contribution in [0.4, 0.5) is 19.5 Å². The van der Waals surface area contributed by atoms with Crippen molar-refractivity contribution in [2.24, 2.45) is 0 Å². The summed E-state index contributed by atoms with van der Waals surface area (Å²) in [6.45, 7) is 2.52. The van der Waals surface area contributed by atoms with Gasteiger partial charge in [-0.1, -0.05) is 42.1 Å². The Labute approximate surface area is 228 Å². The topological polar surface area (TPSA) is 88.0 Å². The molecule has 0 spiro atoms. The first-order valence-corrected chi connectivity index (χ1v) is 13.9. The highest BCUT2D eigenvalue weighted by molar-refractivity contribution is 7.99. The van der Waals surface area contributed by atoms with Gasteiger partial charge in [0.1, 0.15) is 0 Å². The van der Waals surface area contributed by atoms with Crippen molar-refractivity contribution in [3.8, 4) is 22.6 Å². The summed E-state index contributed by atoms with van der Waals surface area (Å²) in [5.41, 5.74) is 3.55. The van der Waals surface area contributed by atoms with E-state index in [2.05, 4.69) is 20.2 Å². The highest BCUT2D eigenvalue weighted by Crippen LogP contribution is 2.38. The quantitative estimate of drug-likeness (QED) is 0.346. The number of urea groups is 1. The Bertz CT molecular complexity index is 1490. The van der Waals surface area contributed by atoms with Crippen LogP contribution >= 0.6 is 11.8 Å². The zero-order valence-corrected chi connectivity index (χ0v) is 21.9. The van der Waals surface area contributed by atoms with Crippen molar-refractivity contribution >= 4 is 23.7 Å². The summed E-state index contributed by atoms with van der Waals surface area (Å²) >= 11 is 1.62. The molecule has 8 nitrogen and oxygen atoms in total. The average molecular weight is 548 g/mol. The molecule has 0 atom stereocenters. The van der Waals surface area contributed by atoms with E-state index in [0.29, 0.717) is 42.5 Å². The van der Waals surface area contributed by atoms with Crippen LogP contribution in [0.15, 0.2) is 66.0 Å². The molecule has 0 radical (unpaired) electrons. The van der Waals surface area contributed by atoms with Crippen molar-refractivity contribution in [3.05, 3.63) is 78.0 Å². The van der Waals surface area contributed by atoms with Gasteiger partial charge in [-0.2, -0.15) is 0 Å². The largest absolute Gasteiger partial charge is 0.351 e. The Hall–Kier alpha value is -3.99. The molecular weight excluding hydrogens is 520 g/mol. The number of rotatable bonds is 6. The second kappa shape index (κ2) is 11.0. The molecule has 2 aromatic heterocycles. The maximum atomic E-state index is 14.0. The minimum absolute atomic E-state index is 0.0623. The molecule has 1 saturated heterocycles. The lowest BCUT2D eigenvalue weighted by molar-refractivity contribution is 0.183. The van der Waals surface area contributed by atoms with Crippen LogP contribution < -0.4 is 10.6 Å². The molecule has 2 N–H and O–H groups in total. The van der Waals surface area contributed by atoms with Gasteiger partial charge in [0.2, 0.25) is 5.95 Å². The van der Waals surface area contributed by atoms with Crippen molar-refractivity contribution in [2.45, 2.75) is 37.1 Å². The molecule has 2 aromatic carbocycles. The van der Waals surface area contributed by atoms with Gasteiger partial charge in [0.15, 0.2) is 16.8 Å². The summed E-state index contributed by atoms with van der Waals surface area (Å²) < 4.78 is 29.7. The summed E-state index contributed by atoms with van der Waals surface area (Å²) in [7, 11) is 0. The molecule has 2 amide bonds. The van der Waals surface area contributed by atoms with Crippen LogP contribution in [0, 0.1) is 11.6 Å². The van der Waals surface area contributed by atoms with Gasteiger partial charge < -0.3 is 20.1 Å². The van der Waals surface area contributed by atoms with Gasteiger partial charge in [0.25, 0.3) is 0 Å². The zero-order valence-electron chi connectivity index (χ0n) is 21.1. The Morgan fingerprint density at radius 3 is 2.62 bits per heavy atom. The Morgan fingerprint density at radius 1 is 1.00 bits per heavy atom. The molecule has 2 aliphatic rings. The van der Waals surface area contributed by atoms with Crippen molar-refractivity contribution in [2.75, 3.05) is 24.2 Å². The number of benzene rings is 2. The SMILES string of the molecule is O=C(NCc1ccccc1)N1CCC(Nc2nccc(-c3c(-c4ccc(F)c(F)c4)nc4n3CCS4)n2)CC1. The van der Waals surface area contributed by atoms with Gasteiger partial charge in [0.05, 0.1) is 17.1 Å². The van der Waals surface area contributed by atoms with E-state index in [4.69, 9.17) is 9.97 Å². The molecule has 0 unspecified atom stereocenters. The molecular formula is C28H27F2N7OS. The third kappa shape index (κ3) is 5.44. The number of hydrogen-bond donors (Lipinski definition) is 2. The second-order valence-electron chi connectivity index (χ2n) is 9.54. The Morgan fingerprint density at radius 2 is 1.82 bits per heavy atom. The molecule has 39 heavy (non-hydrogen) atoms. The van der Waals surface area contributed by atoms with E-state index in [9.17, 15) is 13.6 Å². The van der Waals surface area contributed by atoms with Crippen LogP contribution in [-0.4, -0.2) is 55.3 Å². The summed E-state index contributed by atoms with van der Waals surface area (Å²) in [5, 5.41) is 7.24. The minimum atomic E-state index is -0.913. The number of thioether (sulfide) groups is 1. The Kier molecular flexibility index (Phi) is 7.14.